The fraction of sp³-hybridized carbons (Fsp3) is 0.125. The fourth-order valence-corrected chi connectivity index (χ4v) is 3.27. The number of halogens is 1. The predicted molar refractivity (Wildman–Crippen MR) is 85.5 cm³/mol. The van der Waals surface area contributed by atoms with Gasteiger partial charge in [0.05, 0.1) is 0 Å². The highest BCUT2D eigenvalue weighted by Gasteiger charge is 2.06. The maximum atomic E-state index is 5.94. The minimum Gasteiger partial charge on any atom is -0.489 e. The van der Waals surface area contributed by atoms with Gasteiger partial charge in [0.2, 0.25) is 0 Å². The average molecular weight is 304 g/mol. The van der Waals surface area contributed by atoms with Crippen LogP contribution >= 0.6 is 22.9 Å². The molecule has 0 saturated carbocycles. The van der Waals surface area contributed by atoms with Crippen molar-refractivity contribution in [3.8, 4) is 5.75 Å². The summed E-state index contributed by atoms with van der Waals surface area (Å²) in [5.74, 6) is 0.787. The number of ether oxygens (including phenoxy) is 1. The lowest BCUT2D eigenvalue weighted by Crippen LogP contribution is -1.96. The largest absolute Gasteiger partial charge is 0.489 e. The van der Waals surface area contributed by atoms with Crippen LogP contribution in [0, 0.1) is 0 Å². The van der Waals surface area contributed by atoms with E-state index in [0.717, 1.165) is 11.3 Å². The lowest BCUT2D eigenvalue weighted by molar-refractivity contribution is 0.308. The van der Waals surface area contributed by atoms with Gasteiger partial charge in [0, 0.05) is 21.8 Å². The van der Waals surface area contributed by atoms with Gasteiger partial charge >= 0.3 is 0 Å². The normalized spacial score (nSPS) is 10.9. The zero-order valence-corrected chi connectivity index (χ0v) is 12.4. The second-order valence-corrected chi connectivity index (χ2v) is 5.89. The Kier molecular flexibility index (Phi) is 3.92. The number of fused-ring (bicyclic) bond motifs is 1. The fourth-order valence-electron chi connectivity index (χ4n) is 2.08. The van der Waals surface area contributed by atoms with Crippen molar-refractivity contribution in [2.45, 2.75) is 13.2 Å². The molecule has 0 fully saturated rings. The Labute approximate surface area is 126 Å². The van der Waals surface area contributed by atoms with Crippen LogP contribution in [0.2, 0.25) is 5.02 Å². The first-order chi connectivity index (χ1) is 9.76. The Bertz CT molecular complexity index is 738. The van der Waals surface area contributed by atoms with Crippen LogP contribution in [-0.2, 0) is 13.2 Å². The van der Waals surface area contributed by atoms with Crippen molar-refractivity contribution in [1.29, 1.82) is 0 Å². The number of rotatable bonds is 4. The van der Waals surface area contributed by atoms with Crippen LogP contribution in [0.1, 0.15) is 11.1 Å². The van der Waals surface area contributed by atoms with Gasteiger partial charge in [-0.1, -0.05) is 29.8 Å². The first kappa shape index (κ1) is 13.4. The van der Waals surface area contributed by atoms with Gasteiger partial charge in [-0.05, 0) is 40.6 Å². The van der Waals surface area contributed by atoms with Crippen molar-refractivity contribution < 1.29 is 4.74 Å². The highest BCUT2D eigenvalue weighted by Crippen LogP contribution is 2.28. The van der Waals surface area contributed by atoms with Crippen molar-refractivity contribution in [2.24, 2.45) is 5.73 Å². The summed E-state index contributed by atoms with van der Waals surface area (Å²) >= 11 is 7.66. The lowest BCUT2D eigenvalue weighted by Gasteiger charge is -2.06. The molecule has 2 aromatic carbocycles. The Hall–Kier alpha value is -1.55. The molecule has 0 amide bonds. The number of benzene rings is 2. The van der Waals surface area contributed by atoms with E-state index in [1.807, 2.05) is 24.3 Å². The van der Waals surface area contributed by atoms with Crippen LogP contribution in [0.25, 0.3) is 10.1 Å². The molecule has 0 aliphatic rings. The third kappa shape index (κ3) is 2.80. The lowest BCUT2D eigenvalue weighted by atomic mass is 10.1. The van der Waals surface area contributed by atoms with E-state index in [2.05, 4.69) is 23.6 Å². The molecule has 3 aromatic rings. The third-order valence-electron chi connectivity index (χ3n) is 3.15. The molecule has 0 saturated heterocycles. The maximum Gasteiger partial charge on any atom is 0.121 e. The van der Waals surface area contributed by atoms with E-state index in [-0.39, 0.29) is 0 Å². The van der Waals surface area contributed by atoms with Gasteiger partial charge < -0.3 is 10.5 Å². The molecule has 0 aliphatic heterocycles. The van der Waals surface area contributed by atoms with Gasteiger partial charge in [0.15, 0.2) is 0 Å². The summed E-state index contributed by atoms with van der Waals surface area (Å²) in [5, 5.41) is 4.05. The van der Waals surface area contributed by atoms with Crippen LogP contribution in [-0.4, -0.2) is 0 Å². The molecule has 0 bridgehead atoms. The smallest absolute Gasteiger partial charge is 0.121 e. The van der Waals surface area contributed by atoms with Crippen LogP contribution in [0.5, 0.6) is 5.75 Å². The number of hydrogen-bond acceptors (Lipinski definition) is 3. The van der Waals surface area contributed by atoms with Gasteiger partial charge in [0.25, 0.3) is 0 Å². The molecule has 0 radical (unpaired) electrons. The number of nitrogens with two attached hydrogens (primary N) is 1. The Balaban J connectivity index is 1.81. The predicted octanol–water partition coefficient (Wildman–Crippen LogP) is 4.59. The van der Waals surface area contributed by atoms with Gasteiger partial charge in [-0.25, -0.2) is 0 Å². The summed E-state index contributed by atoms with van der Waals surface area (Å²) in [6.07, 6.45) is 0. The minimum absolute atomic E-state index is 0.544. The molecular formula is C16H14ClNOS. The molecule has 0 aliphatic carbocycles. The van der Waals surface area contributed by atoms with E-state index in [9.17, 15) is 0 Å². The molecule has 4 heteroatoms. The highest BCUT2D eigenvalue weighted by atomic mass is 35.5. The van der Waals surface area contributed by atoms with Crippen LogP contribution in [0.15, 0.2) is 47.8 Å². The zero-order chi connectivity index (χ0) is 13.9. The van der Waals surface area contributed by atoms with Crippen molar-refractivity contribution >= 4 is 33.0 Å². The minimum atomic E-state index is 0.544. The second-order valence-electron chi connectivity index (χ2n) is 4.54. The SMILES string of the molecule is NCc1ccc2c(COc3cccc(Cl)c3)csc2c1. The molecular weight excluding hydrogens is 290 g/mol. The van der Waals surface area contributed by atoms with Gasteiger partial charge in [-0.2, -0.15) is 0 Å². The average Bonchev–Trinajstić information content (AvgIpc) is 2.87. The van der Waals surface area contributed by atoms with Crippen molar-refractivity contribution in [3.05, 3.63) is 64.0 Å². The molecule has 1 aromatic heterocycles. The summed E-state index contributed by atoms with van der Waals surface area (Å²) in [5.41, 5.74) is 8.01. The Morgan fingerprint density at radius 2 is 2.05 bits per heavy atom. The quantitative estimate of drug-likeness (QED) is 0.765. The van der Waals surface area contributed by atoms with E-state index < -0.39 is 0 Å². The molecule has 0 atom stereocenters. The topological polar surface area (TPSA) is 35.2 Å². The van der Waals surface area contributed by atoms with E-state index in [1.165, 1.54) is 15.6 Å². The van der Waals surface area contributed by atoms with Gasteiger partial charge in [0.1, 0.15) is 12.4 Å². The molecule has 20 heavy (non-hydrogen) atoms. The number of thiophene rings is 1. The molecule has 2 nitrogen and oxygen atoms in total. The molecule has 1 heterocycles. The monoisotopic (exact) mass is 303 g/mol. The molecule has 2 N–H and O–H groups in total. The third-order valence-corrected chi connectivity index (χ3v) is 4.38. The molecule has 0 spiro atoms. The van der Waals surface area contributed by atoms with E-state index >= 15 is 0 Å². The van der Waals surface area contributed by atoms with Gasteiger partial charge in [-0.15, -0.1) is 11.3 Å². The maximum absolute atomic E-state index is 5.94. The van der Waals surface area contributed by atoms with E-state index in [0.29, 0.717) is 18.2 Å². The Morgan fingerprint density at radius 1 is 1.15 bits per heavy atom. The van der Waals surface area contributed by atoms with Crippen LogP contribution in [0.3, 0.4) is 0 Å². The summed E-state index contributed by atoms with van der Waals surface area (Å²) < 4.78 is 7.04. The van der Waals surface area contributed by atoms with Crippen molar-refractivity contribution in [3.63, 3.8) is 0 Å². The van der Waals surface area contributed by atoms with Crippen molar-refractivity contribution in [1.82, 2.24) is 0 Å². The van der Waals surface area contributed by atoms with E-state index in [1.54, 1.807) is 11.3 Å². The molecule has 0 unspecified atom stereocenters. The number of hydrogen-bond donors (Lipinski definition) is 1. The molecule has 3 rings (SSSR count). The van der Waals surface area contributed by atoms with Gasteiger partial charge in [-0.3, -0.25) is 0 Å². The van der Waals surface area contributed by atoms with Crippen LogP contribution < -0.4 is 10.5 Å². The molecule has 102 valence electrons. The Morgan fingerprint density at radius 3 is 2.85 bits per heavy atom. The standard InChI is InChI=1S/C16H14ClNOS/c17-13-2-1-3-14(7-13)19-9-12-10-20-16-6-11(8-18)4-5-15(12)16/h1-7,10H,8-9,18H2. The first-order valence-electron chi connectivity index (χ1n) is 6.34. The summed E-state index contributed by atoms with van der Waals surface area (Å²) in [4.78, 5) is 0. The van der Waals surface area contributed by atoms with Crippen molar-refractivity contribution in [2.75, 3.05) is 0 Å². The summed E-state index contributed by atoms with van der Waals surface area (Å²) in [6.45, 7) is 1.12. The zero-order valence-electron chi connectivity index (χ0n) is 10.8. The highest BCUT2D eigenvalue weighted by molar-refractivity contribution is 7.17. The van der Waals surface area contributed by atoms with E-state index in [4.69, 9.17) is 22.1 Å². The van der Waals surface area contributed by atoms with Crippen LogP contribution in [0.4, 0.5) is 0 Å². The summed E-state index contributed by atoms with van der Waals surface area (Å²) in [7, 11) is 0. The first-order valence-corrected chi connectivity index (χ1v) is 7.59. The second kappa shape index (κ2) is 5.83. The summed E-state index contributed by atoms with van der Waals surface area (Å²) in [6, 6.07) is 13.8.